The van der Waals surface area contributed by atoms with Gasteiger partial charge >= 0.3 is 0 Å². The number of ketones is 1. The van der Waals surface area contributed by atoms with Gasteiger partial charge in [0.2, 0.25) is 0 Å². The second kappa shape index (κ2) is 6.09. The van der Waals surface area contributed by atoms with Crippen LogP contribution in [0.5, 0.6) is 0 Å². The first-order valence-corrected chi connectivity index (χ1v) is 7.79. The number of likely N-dealkylation sites (tertiary alicyclic amines) is 1. The number of carbonyl (C=O) groups is 1. The lowest BCUT2D eigenvalue weighted by molar-refractivity contribution is 0.0785. The molecule has 0 aromatic heterocycles. The van der Waals surface area contributed by atoms with Crippen LogP contribution in [0.25, 0.3) is 0 Å². The molecule has 1 aliphatic rings. The smallest absolute Gasteiger partial charge is 0.179 e. The Labute approximate surface area is 123 Å². The van der Waals surface area contributed by atoms with Crippen molar-refractivity contribution in [3.63, 3.8) is 0 Å². The molecule has 110 valence electrons. The number of hydrogen-bond acceptors (Lipinski definition) is 2. The lowest BCUT2D eigenvalue weighted by atomic mass is 9.95. The molecule has 2 rings (SSSR count). The highest BCUT2D eigenvalue weighted by atomic mass is 16.1. The molecular formula is C18H27NO. The van der Waals surface area contributed by atoms with E-state index in [9.17, 15) is 4.79 Å². The van der Waals surface area contributed by atoms with Gasteiger partial charge in [0.05, 0.1) is 6.04 Å². The summed E-state index contributed by atoms with van der Waals surface area (Å²) < 4.78 is 0. The van der Waals surface area contributed by atoms with Crippen LogP contribution in [0.4, 0.5) is 0 Å². The van der Waals surface area contributed by atoms with Crippen LogP contribution in [0.15, 0.2) is 18.2 Å². The second-order valence-corrected chi connectivity index (χ2v) is 6.55. The van der Waals surface area contributed by atoms with Crippen LogP contribution in [0.3, 0.4) is 0 Å². The van der Waals surface area contributed by atoms with E-state index in [1.54, 1.807) is 0 Å². The number of Topliss-reactive ketones (excluding diaryl/α,β-unsaturated/α-hetero) is 1. The molecule has 2 nitrogen and oxygen atoms in total. The summed E-state index contributed by atoms with van der Waals surface area (Å²) >= 11 is 0. The van der Waals surface area contributed by atoms with Crippen molar-refractivity contribution in [3.05, 3.63) is 34.9 Å². The van der Waals surface area contributed by atoms with Crippen molar-refractivity contribution in [2.24, 2.45) is 5.92 Å². The molecule has 20 heavy (non-hydrogen) atoms. The zero-order valence-corrected chi connectivity index (χ0v) is 13.4. The molecule has 1 saturated heterocycles. The van der Waals surface area contributed by atoms with Crippen molar-refractivity contribution in [1.82, 2.24) is 4.90 Å². The van der Waals surface area contributed by atoms with E-state index in [-0.39, 0.29) is 11.8 Å². The highest BCUT2D eigenvalue weighted by Crippen LogP contribution is 2.27. The van der Waals surface area contributed by atoms with Crippen LogP contribution < -0.4 is 0 Å². The molecule has 2 heteroatoms. The number of carbonyl (C=O) groups excluding carboxylic acids is 1. The maximum absolute atomic E-state index is 12.8. The van der Waals surface area contributed by atoms with Crippen molar-refractivity contribution < 1.29 is 4.79 Å². The number of hydrogen-bond donors (Lipinski definition) is 0. The Morgan fingerprint density at radius 3 is 2.60 bits per heavy atom. The van der Waals surface area contributed by atoms with Gasteiger partial charge in [-0.3, -0.25) is 9.69 Å². The number of rotatable bonds is 4. The highest BCUT2D eigenvalue weighted by molar-refractivity contribution is 6.01. The van der Waals surface area contributed by atoms with E-state index >= 15 is 0 Å². The summed E-state index contributed by atoms with van der Waals surface area (Å²) in [5, 5.41) is 0. The third-order valence-electron chi connectivity index (χ3n) is 4.65. The Balaban J connectivity index is 2.22. The summed E-state index contributed by atoms with van der Waals surface area (Å²) in [6.07, 6.45) is 2.44. The fraction of sp³-hybridized carbons (Fsp3) is 0.611. The predicted octanol–water partition coefficient (Wildman–Crippen LogP) is 4.00. The van der Waals surface area contributed by atoms with Crippen LogP contribution in [0, 0.1) is 19.8 Å². The monoisotopic (exact) mass is 273 g/mol. The Kier molecular flexibility index (Phi) is 4.64. The molecule has 2 unspecified atom stereocenters. The van der Waals surface area contributed by atoms with E-state index in [2.05, 4.69) is 37.8 Å². The molecule has 1 aromatic carbocycles. The Bertz CT molecular complexity index is 492. The Morgan fingerprint density at radius 2 is 1.95 bits per heavy atom. The molecule has 1 aliphatic heterocycles. The molecule has 0 spiro atoms. The molecule has 2 atom stereocenters. The van der Waals surface area contributed by atoms with E-state index in [0.717, 1.165) is 23.2 Å². The molecular weight excluding hydrogens is 246 g/mol. The molecule has 0 amide bonds. The number of nitrogens with zero attached hydrogens (tertiary/aromatic N) is 1. The van der Waals surface area contributed by atoms with Gasteiger partial charge in [0.15, 0.2) is 5.78 Å². The zero-order valence-electron chi connectivity index (χ0n) is 13.4. The van der Waals surface area contributed by atoms with Gasteiger partial charge in [0.1, 0.15) is 0 Å². The third kappa shape index (κ3) is 2.95. The van der Waals surface area contributed by atoms with E-state index in [1.807, 2.05) is 19.9 Å². The quantitative estimate of drug-likeness (QED) is 0.773. The van der Waals surface area contributed by atoms with Crippen LogP contribution in [-0.4, -0.2) is 29.3 Å². The Hall–Kier alpha value is -1.15. The summed E-state index contributed by atoms with van der Waals surface area (Å²) in [5.41, 5.74) is 3.15. The van der Waals surface area contributed by atoms with Crippen LogP contribution >= 0.6 is 0 Å². The summed E-state index contributed by atoms with van der Waals surface area (Å²) in [6.45, 7) is 11.7. The fourth-order valence-electron chi connectivity index (χ4n) is 3.39. The zero-order chi connectivity index (χ0) is 14.9. The average molecular weight is 273 g/mol. The van der Waals surface area contributed by atoms with Crippen LogP contribution in [-0.2, 0) is 0 Å². The van der Waals surface area contributed by atoms with Crippen molar-refractivity contribution in [1.29, 1.82) is 0 Å². The molecule has 0 bridgehead atoms. The summed E-state index contributed by atoms with van der Waals surface area (Å²) in [4.78, 5) is 15.2. The van der Waals surface area contributed by atoms with E-state index in [0.29, 0.717) is 12.0 Å². The average Bonchev–Trinajstić information content (AvgIpc) is 2.89. The lowest BCUT2D eigenvalue weighted by Gasteiger charge is -2.32. The normalized spacial score (nSPS) is 21.4. The van der Waals surface area contributed by atoms with Gasteiger partial charge in [-0.05, 0) is 57.7 Å². The van der Waals surface area contributed by atoms with Gasteiger partial charge in [0.25, 0.3) is 0 Å². The van der Waals surface area contributed by atoms with Crippen LogP contribution in [0.1, 0.15) is 55.1 Å². The van der Waals surface area contributed by atoms with Gasteiger partial charge in [-0.15, -0.1) is 0 Å². The van der Waals surface area contributed by atoms with Gasteiger partial charge in [0, 0.05) is 11.6 Å². The van der Waals surface area contributed by atoms with E-state index in [1.165, 1.54) is 12.8 Å². The number of aryl methyl sites for hydroxylation is 2. The standard InChI is InChI=1S/C18H27NO/c1-12(2)17-7-6-10-19(17)15(5)18(20)16-11-13(3)8-9-14(16)4/h8-9,11-12,15,17H,6-7,10H2,1-5H3. The first-order valence-electron chi connectivity index (χ1n) is 7.79. The minimum atomic E-state index is -0.00889. The molecule has 1 fully saturated rings. The molecule has 0 N–H and O–H groups in total. The molecule has 0 aliphatic carbocycles. The molecule has 1 aromatic rings. The first-order chi connectivity index (χ1) is 9.41. The van der Waals surface area contributed by atoms with Crippen molar-refractivity contribution >= 4 is 5.78 Å². The van der Waals surface area contributed by atoms with Gasteiger partial charge in [-0.2, -0.15) is 0 Å². The van der Waals surface area contributed by atoms with Crippen molar-refractivity contribution in [3.8, 4) is 0 Å². The highest BCUT2D eigenvalue weighted by Gasteiger charge is 2.34. The number of benzene rings is 1. The lowest BCUT2D eigenvalue weighted by Crippen LogP contribution is -2.44. The summed E-state index contributed by atoms with van der Waals surface area (Å²) in [5.74, 6) is 0.894. The maximum Gasteiger partial charge on any atom is 0.179 e. The van der Waals surface area contributed by atoms with E-state index < -0.39 is 0 Å². The van der Waals surface area contributed by atoms with Crippen molar-refractivity contribution in [2.45, 2.75) is 59.5 Å². The van der Waals surface area contributed by atoms with Crippen LogP contribution in [0.2, 0.25) is 0 Å². The predicted molar refractivity (Wildman–Crippen MR) is 84.3 cm³/mol. The molecule has 1 heterocycles. The van der Waals surface area contributed by atoms with Gasteiger partial charge < -0.3 is 0 Å². The topological polar surface area (TPSA) is 20.3 Å². The first kappa shape index (κ1) is 15.2. The van der Waals surface area contributed by atoms with E-state index in [4.69, 9.17) is 0 Å². The molecule has 0 saturated carbocycles. The minimum Gasteiger partial charge on any atom is -0.292 e. The maximum atomic E-state index is 12.8. The van der Waals surface area contributed by atoms with Gasteiger partial charge in [-0.25, -0.2) is 0 Å². The minimum absolute atomic E-state index is 0.00889. The fourth-order valence-corrected chi connectivity index (χ4v) is 3.39. The molecule has 0 radical (unpaired) electrons. The largest absolute Gasteiger partial charge is 0.292 e. The Morgan fingerprint density at radius 1 is 1.25 bits per heavy atom. The second-order valence-electron chi connectivity index (χ2n) is 6.55. The third-order valence-corrected chi connectivity index (χ3v) is 4.65. The summed E-state index contributed by atoms with van der Waals surface area (Å²) in [7, 11) is 0. The summed E-state index contributed by atoms with van der Waals surface area (Å²) in [6, 6.07) is 6.71. The van der Waals surface area contributed by atoms with Crippen molar-refractivity contribution in [2.75, 3.05) is 6.54 Å². The SMILES string of the molecule is Cc1ccc(C)c(C(=O)C(C)N2CCCC2C(C)C)c1. The van der Waals surface area contributed by atoms with Gasteiger partial charge in [-0.1, -0.05) is 31.5 Å².